The number of carbonyl (C=O) groups excluding carboxylic acids is 2. The molecule has 2 amide bonds. The second kappa shape index (κ2) is 14.7. The lowest BCUT2D eigenvalue weighted by molar-refractivity contribution is -0.384. The summed E-state index contributed by atoms with van der Waals surface area (Å²) in [5.41, 5.74) is 4.20. The fourth-order valence-electron chi connectivity index (χ4n) is 4.01. The number of benzene rings is 2. The highest BCUT2D eigenvalue weighted by molar-refractivity contribution is 5.96. The normalized spacial score (nSPS) is 12.4. The Morgan fingerprint density at radius 1 is 1.00 bits per heavy atom. The van der Waals surface area contributed by atoms with Crippen LogP contribution >= 0.6 is 0 Å². The van der Waals surface area contributed by atoms with Crippen molar-refractivity contribution in [3.8, 4) is 23.3 Å². The largest absolute Gasteiger partial charge is 0.494 e. The van der Waals surface area contributed by atoms with Gasteiger partial charge in [-0.2, -0.15) is 0 Å². The van der Waals surface area contributed by atoms with Gasteiger partial charge in [-0.05, 0) is 12.1 Å². The fourth-order valence-corrected chi connectivity index (χ4v) is 4.01. The molecule has 2 aromatic rings. The van der Waals surface area contributed by atoms with Crippen LogP contribution in [0.15, 0.2) is 36.4 Å². The number of methoxy groups -OCH3 is 2. The van der Waals surface area contributed by atoms with E-state index in [2.05, 4.69) is 27.2 Å². The molecule has 17 nitrogen and oxygen atoms in total. The van der Waals surface area contributed by atoms with Gasteiger partial charge in [0.1, 0.15) is 12.4 Å². The maximum atomic E-state index is 11.9. The van der Waals surface area contributed by atoms with Crippen LogP contribution in [-0.4, -0.2) is 84.8 Å². The molecule has 1 saturated heterocycles. The van der Waals surface area contributed by atoms with Crippen LogP contribution < -0.4 is 25.8 Å². The first-order valence-corrected chi connectivity index (χ1v) is 12.8. The topological polar surface area (TPSA) is 239 Å². The lowest BCUT2D eigenvalue weighted by Crippen LogP contribution is -2.48. The lowest BCUT2D eigenvalue weighted by Gasteiger charge is -2.33. The molecule has 0 atom stereocenters. The maximum Gasteiger partial charge on any atom is 0.407 e. The van der Waals surface area contributed by atoms with Crippen LogP contribution in [0.25, 0.3) is 0 Å². The van der Waals surface area contributed by atoms with Crippen molar-refractivity contribution in [2.45, 2.75) is 0 Å². The average molecular weight is 613 g/mol. The summed E-state index contributed by atoms with van der Waals surface area (Å²) in [5, 5.41) is 38.0. The number of carboxylic acid groups (broad SMARTS) is 1. The first kappa shape index (κ1) is 32.5. The van der Waals surface area contributed by atoms with Crippen LogP contribution in [0.2, 0.25) is 0 Å². The van der Waals surface area contributed by atoms with E-state index in [4.69, 9.17) is 20.3 Å². The maximum absolute atomic E-state index is 11.9. The number of nitro groups is 2. The monoisotopic (exact) mass is 612 g/mol. The summed E-state index contributed by atoms with van der Waals surface area (Å²) in [5.74, 6) is 3.74. The minimum absolute atomic E-state index is 0.0230. The number of hydrogen-bond donors (Lipinski definition) is 4. The zero-order valence-corrected chi connectivity index (χ0v) is 23.5. The predicted molar refractivity (Wildman–Crippen MR) is 155 cm³/mol. The Bertz CT molecular complexity index is 1560. The van der Waals surface area contributed by atoms with E-state index in [0.29, 0.717) is 0 Å². The minimum Gasteiger partial charge on any atom is -0.494 e. The number of rotatable bonds is 13. The van der Waals surface area contributed by atoms with Crippen LogP contribution in [0.1, 0.15) is 20.7 Å². The van der Waals surface area contributed by atoms with Crippen molar-refractivity contribution in [1.82, 2.24) is 4.90 Å². The van der Waals surface area contributed by atoms with Crippen molar-refractivity contribution in [2.75, 3.05) is 57.6 Å². The summed E-state index contributed by atoms with van der Waals surface area (Å²) in [6, 6.07) is 4.60. The van der Waals surface area contributed by atoms with Crippen LogP contribution in [-0.2, 0) is 4.74 Å². The number of primary amides is 1. The predicted octanol–water partition coefficient (Wildman–Crippen LogP) is 2.47. The van der Waals surface area contributed by atoms with E-state index < -0.39 is 39.2 Å². The van der Waals surface area contributed by atoms with E-state index in [-0.39, 0.29) is 72.7 Å². The molecule has 0 aliphatic carbocycles. The number of hydrogen-bond acceptors (Lipinski definition) is 12. The molecule has 0 radical (unpaired) electrons. The Balaban J connectivity index is 1.71. The van der Waals surface area contributed by atoms with E-state index in [1.54, 1.807) is 12.2 Å². The molecule has 3 rings (SSSR count). The molecule has 1 aliphatic heterocycles. The Morgan fingerprint density at radius 2 is 1.55 bits per heavy atom. The van der Waals surface area contributed by atoms with Gasteiger partial charge in [-0.3, -0.25) is 25.0 Å². The summed E-state index contributed by atoms with van der Waals surface area (Å²) in [7, 11) is 2.43. The molecule has 0 spiro atoms. The molecule has 0 bridgehead atoms. The summed E-state index contributed by atoms with van der Waals surface area (Å²) in [6.07, 6.45) is 2.12. The number of likely N-dealkylation sites (tertiary alicyclic amines) is 1. The van der Waals surface area contributed by atoms with Gasteiger partial charge in [0.2, 0.25) is 5.91 Å². The van der Waals surface area contributed by atoms with Crippen molar-refractivity contribution in [3.05, 3.63) is 67.8 Å². The Kier molecular flexibility index (Phi) is 10.9. The summed E-state index contributed by atoms with van der Waals surface area (Å²) in [4.78, 5) is 57.7. The Morgan fingerprint density at radius 3 is 2.05 bits per heavy atom. The molecule has 5 N–H and O–H groups in total. The molecule has 1 heterocycles. The van der Waals surface area contributed by atoms with E-state index in [1.807, 2.05) is 0 Å². The molecule has 0 saturated carbocycles. The van der Waals surface area contributed by atoms with Crippen molar-refractivity contribution < 1.29 is 43.5 Å². The van der Waals surface area contributed by atoms with Crippen LogP contribution in [0, 0.1) is 38.0 Å². The van der Waals surface area contributed by atoms with Gasteiger partial charge >= 0.3 is 12.1 Å². The van der Waals surface area contributed by atoms with Gasteiger partial charge in [0.05, 0.1) is 35.5 Å². The standard InChI is InChI=1S/C27H28N6O11/c1-42-21-13-18(26(35)43-2)11-20(33(40)41)23(21)29-7-3-4-8-30-24-19(32(38)39)10-17(25(28)34)12-22(24)44-9-5-6-16-14-31(15-16)27(36)37/h3-4,10-13,16,29-30H,7-9,14-15H2,1-2H3,(H2,28,34)(H,36,37). The second-order valence-corrected chi connectivity index (χ2v) is 9.04. The van der Waals surface area contributed by atoms with Crippen LogP contribution in [0.3, 0.4) is 0 Å². The van der Waals surface area contributed by atoms with Gasteiger partial charge in [-0.15, -0.1) is 0 Å². The van der Waals surface area contributed by atoms with Crippen molar-refractivity contribution in [3.63, 3.8) is 0 Å². The number of nitrogens with two attached hydrogens (primary N) is 1. The molecule has 17 heteroatoms. The van der Waals surface area contributed by atoms with Crippen molar-refractivity contribution in [1.29, 1.82) is 0 Å². The number of nitro benzene ring substituents is 2. The Labute approximate surface area is 249 Å². The molecule has 1 aliphatic rings. The van der Waals surface area contributed by atoms with E-state index in [0.717, 1.165) is 19.2 Å². The van der Waals surface area contributed by atoms with Gasteiger partial charge in [-0.25, -0.2) is 9.59 Å². The Hall–Kier alpha value is -6.05. The SMILES string of the molecule is COC(=O)c1cc(OC)c(NCC=CCNc2c(OCC#CC3CN(C(=O)O)C3)cc(C(N)=O)cc2[N+](=O)[O-])c([N+](=O)[O-])c1. The first-order chi connectivity index (χ1) is 21.0. The third-order valence-corrected chi connectivity index (χ3v) is 6.20. The second-order valence-electron chi connectivity index (χ2n) is 9.04. The number of anilines is 2. The first-order valence-electron chi connectivity index (χ1n) is 12.8. The van der Waals surface area contributed by atoms with Crippen molar-refractivity contribution >= 4 is 40.7 Å². The van der Waals surface area contributed by atoms with Gasteiger partial charge in [0.15, 0.2) is 17.1 Å². The van der Waals surface area contributed by atoms with Gasteiger partial charge in [-0.1, -0.05) is 24.0 Å². The molecule has 2 aromatic carbocycles. The highest BCUT2D eigenvalue weighted by Gasteiger charge is 2.29. The number of amides is 2. The quantitative estimate of drug-likeness (QED) is 0.0837. The highest BCUT2D eigenvalue weighted by atomic mass is 16.6. The van der Waals surface area contributed by atoms with Crippen molar-refractivity contribution in [2.24, 2.45) is 11.7 Å². The third-order valence-electron chi connectivity index (χ3n) is 6.20. The molecule has 1 fully saturated rings. The molecular formula is C27H28N6O11. The summed E-state index contributed by atoms with van der Waals surface area (Å²) in [6.45, 7) is 0.426. The smallest absolute Gasteiger partial charge is 0.407 e. The molecule has 44 heavy (non-hydrogen) atoms. The summed E-state index contributed by atoms with van der Waals surface area (Å²) < 4.78 is 15.4. The fraction of sp³-hybridized carbons (Fsp3) is 0.296. The van der Waals surface area contributed by atoms with E-state index in [1.165, 1.54) is 24.1 Å². The zero-order valence-electron chi connectivity index (χ0n) is 23.5. The minimum atomic E-state index is -1.04. The van der Waals surface area contributed by atoms with E-state index >= 15 is 0 Å². The molecular weight excluding hydrogens is 584 g/mol. The molecule has 0 unspecified atom stereocenters. The van der Waals surface area contributed by atoms with Gasteiger partial charge < -0.3 is 40.6 Å². The number of nitrogens with one attached hydrogen (secondary N) is 2. The molecule has 0 aromatic heterocycles. The third kappa shape index (κ3) is 8.03. The summed E-state index contributed by atoms with van der Waals surface area (Å²) >= 11 is 0. The molecule has 232 valence electrons. The zero-order chi connectivity index (χ0) is 32.4. The van der Waals surface area contributed by atoms with E-state index in [9.17, 15) is 34.6 Å². The highest BCUT2D eigenvalue weighted by Crippen LogP contribution is 2.37. The van der Waals surface area contributed by atoms with Gasteiger partial charge in [0, 0.05) is 43.9 Å². The van der Waals surface area contributed by atoms with Crippen LogP contribution in [0.4, 0.5) is 27.5 Å². The van der Waals surface area contributed by atoms with Gasteiger partial charge in [0.25, 0.3) is 11.4 Å². The van der Waals surface area contributed by atoms with Crippen LogP contribution in [0.5, 0.6) is 11.5 Å². The number of ether oxygens (including phenoxy) is 3. The number of carbonyl (C=O) groups is 3. The average Bonchev–Trinajstić information content (AvgIpc) is 2.96. The lowest BCUT2D eigenvalue weighted by atomic mass is 10.0. The number of esters is 1. The number of nitrogens with zero attached hydrogens (tertiary/aromatic N) is 3.